The SMILES string of the molecule is CCN(CC(=O)O)C(=O)N(C)CC1CC1. The number of carbonyl (C=O) groups is 2. The van der Waals surface area contributed by atoms with E-state index in [0.717, 1.165) is 6.54 Å². The van der Waals surface area contributed by atoms with Crippen molar-refractivity contribution in [3.05, 3.63) is 0 Å². The average Bonchev–Trinajstić information content (AvgIpc) is 2.96. The summed E-state index contributed by atoms with van der Waals surface area (Å²) in [5, 5.41) is 8.63. The predicted octanol–water partition coefficient (Wildman–Crippen LogP) is 0.855. The van der Waals surface area contributed by atoms with Crippen LogP contribution >= 0.6 is 0 Å². The Bertz CT molecular complexity index is 251. The maximum Gasteiger partial charge on any atom is 0.323 e. The van der Waals surface area contributed by atoms with Crippen LogP contribution in [-0.2, 0) is 4.79 Å². The lowest BCUT2D eigenvalue weighted by Crippen LogP contribution is -2.44. The van der Waals surface area contributed by atoms with Crippen LogP contribution < -0.4 is 0 Å². The fourth-order valence-electron chi connectivity index (χ4n) is 1.49. The van der Waals surface area contributed by atoms with E-state index in [9.17, 15) is 9.59 Å². The Labute approximate surface area is 89.7 Å². The highest BCUT2D eigenvalue weighted by Crippen LogP contribution is 2.29. The number of rotatable bonds is 5. The third-order valence-electron chi connectivity index (χ3n) is 2.53. The van der Waals surface area contributed by atoms with Crippen molar-refractivity contribution in [2.75, 3.05) is 26.7 Å². The summed E-state index contributed by atoms with van der Waals surface area (Å²) in [4.78, 5) is 25.2. The first-order valence-corrected chi connectivity index (χ1v) is 5.26. The van der Waals surface area contributed by atoms with Crippen LogP contribution in [0.4, 0.5) is 4.79 Å². The zero-order valence-corrected chi connectivity index (χ0v) is 9.27. The molecule has 0 saturated heterocycles. The van der Waals surface area contributed by atoms with Gasteiger partial charge >= 0.3 is 12.0 Å². The van der Waals surface area contributed by atoms with Crippen LogP contribution in [0.15, 0.2) is 0 Å². The number of hydrogen-bond donors (Lipinski definition) is 1. The second-order valence-corrected chi connectivity index (χ2v) is 4.01. The molecule has 1 aliphatic carbocycles. The van der Waals surface area contributed by atoms with Crippen molar-refractivity contribution in [1.29, 1.82) is 0 Å². The van der Waals surface area contributed by atoms with Crippen molar-refractivity contribution in [2.24, 2.45) is 5.92 Å². The Balaban J connectivity index is 2.42. The summed E-state index contributed by atoms with van der Waals surface area (Å²) < 4.78 is 0. The number of likely N-dealkylation sites (N-methyl/N-ethyl adjacent to an activating group) is 1. The molecule has 1 N–H and O–H groups in total. The van der Waals surface area contributed by atoms with Crippen LogP contribution in [0.5, 0.6) is 0 Å². The van der Waals surface area contributed by atoms with Gasteiger partial charge < -0.3 is 14.9 Å². The van der Waals surface area contributed by atoms with E-state index in [0.29, 0.717) is 12.5 Å². The molecule has 0 aromatic rings. The van der Waals surface area contributed by atoms with Gasteiger partial charge in [0.2, 0.25) is 0 Å². The summed E-state index contributed by atoms with van der Waals surface area (Å²) in [6.45, 7) is 2.74. The number of carboxylic acid groups (broad SMARTS) is 1. The minimum Gasteiger partial charge on any atom is -0.480 e. The Kier molecular flexibility index (Phi) is 3.94. The molecular weight excluding hydrogens is 196 g/mol. The van der Waals surface area contributed by atoms with E-state index < -0.39 is 5.97 Å². The normalized spacial score (nSPS) is 14.8. The quantitative estimate of drug-likeness (QED) is 0.738. The largest absolute Gasteiger partial charge is 0.480 e. The van der Waals surface area contributed by atoms with E-state index in [4.69, 9.17) is 5.11 Å². The van der Waals surface area contributed by atoms with Crippen molar-refractivity contribution in [1.82, 2.24) is 9.80 Å². The van der Waals surface area contributed by atoms with Gasteiger partial charge in [0.05, 0.1) is 0 Å². The van der Waals surface area contributed by atoms with Gasteiger partial charge in [-0.3, -0.25) is 4.79 Å². The van der Waals surface area contributed by atoms with Gasteiger partial charge in [-0.15, -0.1) is 0 Å². The molecule has 0 aromatic heterocycles. The molecule has 0 atom stereocenters. The van der Waals surface area contributed by atoms with Gasteiger partial charge in [-0.25, -0.2) is 4.79 Å². The van der Waals surface area contributed by atoms with Crippen molar-refractivity contribution in [3.8, 4) is 0 Å². The Morgan fingerprint density at radius 2 is 2.00 bits per heavy atom. The molecule has 86 valence electrons. The molecule has 0 heterocycles. The molecule has 2 amide bonds. The predicted molar refractivity (Wildman–Crippen MR) is 55.6 cm³/mol. The van der Waals surface area contributed by atoms with E-state index in [1.165, 1.54) is 17.7 Å². The third-order valence-corrected chi connectivity index (χ3v) is 2.53. The zero-order valence-electron chi connectivity index (χ0n) is 9.27. The lowest BCUT2D eigenvalue weighted by Gasteiger charge is -2.25. The Morgan fingerprint density at radius 3 is 2.40 bits per heavy atom. The smallest absolute Gasteiger partial charge is 0.323 e. The summed E-state index contributed by atoms with van der Waals surface area (Å²) in [5.41, 5.74) is 0. The second kappa shape index (κ2) is 5.00. The molecule has 0 bridgehead atoms. The number of carbonyl (C=O) groups excluding carboxylic acids is 1. The highest BCUT2D eigenvalue weighted by molar-refractivity contribution is 5.80. The maximum absolute atomic E-state index is 11.8. The zero-order chi connectivity index (χ0) is 11.4. The summed E-state index contributed by atoms with van der Waals surface area (Å²) >= 11 is 0. The van der Waals surface area contributed by atoms with Crippen molar-refractivity contribution < 1.29 is 14.7 Å². The van der Waals surface area contributed by atoms with Crippen LogP contribution in [0, 0.1) is 5.92 Å². The minimum atomic E-state index is -0.968. The molecule has 0 unspecified atom stereocenters. The van der Waals surface area contributed by atoms with E-state index in [2.05, 4.69) is 0 Å². The molecular formula is C10H18N2O3. The van der Waals surface area contributed by atoms with E-state index in [1.807, 2.05) is 0 Å². The summed E-state index contributed by atoms with van der Waals surface area (Å²) in [7, 11) is 1.73. The van der Waals surface area contributed by atoms with Crippen LogP contribution in [0.1, 0.15) is 19.8 Å². The fraction of sp³-hybridized carbons (Fsp3) is 0.800. The number of amides is 2. The molecule has 0 aromatic carbocycles. The topological polar surface area (TPSA) is 60.9 Å². The first kappa shape index (κ1) is 11.8. The number of aliphatic carboxylic acids is 1. The molecule has 1 aliphatic rings. The van der Waals surface area contributed by atoms with E-state index in [1.54, 1.807) is 18.9 Å². The summed E-state index contributed by atoms with van der Waals surface area (Å²) in [5.74, 6) is -0.340. The Morgan fingerprint density at radius 1 is 1.40 bits per heavy atom. The van der Waals surface area contributed by atoms with Crippen molar-refractivity contribution >= 4 is 12.0 Å². The monoisotopic (exact) mass is 214 g/mol. The molecule has 5 heteroatoms. The lowest BCUT2D eigenvalue weighted by atomic mass is 10.4. The first-order valence-electron chi connectivity index (χ1n) is 5.26. The standard InChI is InChI=1S/C10H18N2O3/c1-3-12(7-9(13)14)10(15)11(2)6-8-4-5-8/h8H,3-7H2,1-2H3,(H,13,14). The van der Waals surface area contributed by atoms with Crippen molar-refractivity contribution in [2.45, 2.75) is 19.8 Å². The van der Waals surface area contributed by atoms with Crippen LogP contribution in [0.25, 0.3) is 0 Å². The first-order chi connectivity index (χ1) is 7.04. The summed E-state index contributed by atoms with van der Waals surface area (Å²) in [6, 6.07) is -0.188. The third kappa shape index (κ3) is 3.77. The summed E-state index contributed by atoms with van der Waals surface area (Å²) in [6.07, 6.45) is 2.37. The van der Waals surface area contributed by atoms with Gasteiger partial charge in [0, 0.05) is 20.1 Å². The number of hydrogen-bond acceptors (Lipinski definition) is 2. The molecule has 15 heavy (non-hydrogen) atoms. The highest BCUT2D eigenvalue weighted by Gasteiger charge is 2.27. The van der Waals surface area contributed by atoms with Crippen LogP contribution in [-0.4, -0.2) is 53.6 Å². The van der Waals surface area contributed by atoms with Gasteiger partial charge in [0.15, 0.2) is 0 Å². The van der Waals surface area contributed by atoms with Gasteiger partial charge in [0.1, 0.15) is 6.54 Å². The number of nitrogens with zero attached hydrogens (tertiary/aromatic N) is 2. The van der Waals surface area contributed by atoms with Crippen LogP contribution in [0.3, 0.4) is 0 Å². The van der Waals surface area contributed by atoms with Crippen LogP contribution in [0.2, 0.25) is 0 Å². The van der Waals surface area contributed by atoms with Gasteiger partial charge in [-0.05, 0) is 25.7 Å². The van der Waals surface area contributed by atoms with Gasteiger partial charge in [-0.1, -0.05) is 0 Å². The second-order valence-electron chi connectivity index (χ2n) is 4.01. The van der Waals surface area contributed by atoms with Gasteiger partial charge in [-0.2, -0.15) is 0 Å². The molecule has 1 saturated carbocycles. The number of urea groups is 1. The average molecular weight is 214 g/mol. The molecule has 1 fully saturated rings. The highest BCUT2D eigenvalue weighted by atomic mass is 16.4. The Hall–Kier alpha value is -1.26. The molecule has 1 rings (SSSR count). The fourth-order valence-corrected chi connectivity index (χ4v) is 1.49. The number of carboxylic acids is 1. The van der Waals surface area contributed by atoms with Crippen molar-refractivity contribution in [3.63, 3.8) is 0 Å². The molecule has 0 spiro atoms. The molecule has 0 aliphatic heterocycles. The van der Waals surface area contributed by atoms with Gasteiger partial charge in [0.25, 0.3) is 0 Å². The molecule has 0 radical (unpaired) electrons. The van der Waals surface area contributed by atoms with E-state index in [-0.39, 0.29) is 12.6 Å². The lowest BCUT2D eigenvalue weighted by molar-refractivity contribution is -0.137. The maximum atomic E-state index is 11.8. The molecule has 5 nitrogen and oxygen atoms in total. The van der Waals surface area contributed by atoms with E-state index >= 15 is 0 Å². The minimum absolute atomic E-state index is 0.188.